The number of hydrogen-bond acceptors (Lipinski definition) is 5. The van der Waals surface area contributed by atoms with Crippen molar-refractivity contribution in [3.63, 3.8) is 0 Å². The van der Waals surface area contributed by atoms with Gasteiger partial charge < -0.3 is 10.6 Å². The van der Waals surface area contributed by atoms with Crippen LogP contribution in [0.4, 0.5) is 5.82 Å². The van der Waals surface area contributed by atoms with Gasteiger partial charge >= 0.3 is 0 Å². The fourth-order valence-corrected chi connectivity index (χ4v) is 2.88. The molecular weight excluding hydrogens is 252 g/mol. The Morgan fingerprint density at radius 2 is 2.35 bits per heavy atom. The summed E-state index contributed by atoms with van der Waals surface area (Å²) in [5, 5.41) is 11.3. The molecule has 3 heterocycles. The Balaban J connectivity index is 1.78. The molecule has 6 heteroatoms. The minimum Gasteiger partial charge on any atom is -0.368 e. The third kappa shape index (κ3) is 2.47. The monoisotopic (exact) mass is 274 g/mol. The van der Waals surface area contributed by atoms with Crippen molar-refractivity contribution in [1.82, 2.24) is 24.9 Å². The van der Waals surface area contributed by atoms with Gasteiger partial charge in [0.2, 0.25) is 0 Å². The second-order valence-electron chi connectivity index (χ2n) is 6.23. The van der Waals surface area contributed by atoms with Gasteiger partial charge in [-0.1, -0.05) is 13.8 Å². The van der Waals surface area contributed by atoms with Crippen LogP contribution in [0, 0.1) is 12.3 Å². The van der Waals surface area contributed by atoms with Crippen LogP contribution < -0.4 is 10.6 Å². The molecule has 108 valence electrons. The van der Waals surface area contributed by atoms with Gasteiger partial charge in [0, 0.05) is 24.3 Å². The molecule has 0 spiro atoms. The van der Waals surface area contributed by atoms with Crippen LogP contribution in [0.3, 0.4) is 0 Å². The lowest BCUT2D eigenvalue weighted by Gasteiger charge is -2.39. The average molecular weight is 274 g/mol. The van der Waals surface area contributed by atoms with Crippen LogP contribution >= 0.6 is 0 Å². The number of nitrogens with one attached hydrogen (secondary N) is 2. The van der Waals surface area contributed by atoms with Gasteiger partial charge in [-0.25, -0.2) is 4.98 Å². The lowest BCUT2D eigenvalue weighted by atomic mass is 9.77. The van der Waals surface area contributed by atoms with Crippen LogP contribution in [0.25, 0.3) is 5.78 Å². The fraction of sp³-hybridized carbons (Fsp3) is 0.643. The van der Waals surface area contributed by atoms with Crippen molar-refractivity contribution in [2.45, 2.75) is 39.7 Å². The zero-order chi connectivity index (χ0) is 14.2. The molecule has 1 fully saturated rings. The second kappa shape index (κ2) is 5.01. The third-order valence-corrected chi connectivity index (χ3v) is 4.20. The maximum atomic E-state index is 4.35. The maximum absolute atomic E-state index is 4.35. The summed E-state index contributed by atoms with van der Waals surface area (Å²) >= 11 is 0. The molecule has 3 rings (SSSR count). The molecular formula is C14H22N6. The number of fused-ring (bicyclic) bond motifs is 1. The van der Waals surface area contributed by atoms with E-state index >= 15 is 0 Å². The highest BCUT2D eigenvalue weighted by atomic mass is 15.4. The van der Waals surface area contributed by atoms with E-state index in [1.165, 1.54) is 19.2 Å². The molecule has 0 amide bonds. The molecule has 0 saturated carbocycles. The van der Waals surface area contributed by atoms with Crippen molar-refractivity contribution in [2.75, 3.05) is 18.4 Å². The van der Waals surface area contributed by atoms with E-state index in [4.69, 9.17) is 0 Å². The summed E-state index contributed by atoms with van der Waals surface area (Å²) in [4.78, 5) is 8.50. The average Bonchev–Trinajstić information content (AvgIpc) is 2.84. The van der Waals surface area contributed by atoms with E-state index in [0.29, 0.717) is 17.2 Å². The summed E-state index contributed by atoms with van der Waals surface area (Å²) in [6.45, 7) is 8.61. The predicted molar refractivity (Wildman–Crippen MR) is 78.8 cm³/mol. The van der Waals surface area contributed by atoms with E-state index in [1.807, 2.05) is 13.0 Å². The normalized spacial score (nSPS) is 22.1. The third-order valence-electron chi connectivity index (χ3n) is 4.20. The van der Waals surface area contributed by atoms with E-state index < -0.39 is 0 Å². The number of anilines is 1. The molecule has 0 aromatic carbocycles. The molecule has 20 heavy (non-hydrogen) atoms. The maximum Gasteiger partial charge on any atom is 0.254 e. The molecule has 1 aliphatic rings. The first-order chi connectivity index (χ1) is 9.56. The zero-order valence-electron chi connectivity index (χ0n) is 12.3. The van der Waals surface area contributed by atoms with Gasteiger partial charge in [0.1, 0.15) is 12.1 Å². The van der Waals surface area contributed by atoms with Gasteiger partial charge in [0.05, 0.1) is 0 Å². The van der Waals surface area contributed by atoms with Gasteiger partial charge in [-0.3, -0.25) is 0 Å². The van der Waals surface area contributed by atoms with Crippen molar-refractivity contribution in [3.8, 4) is 0 Å². The Hall–Kier alpha value is -1.69. The van der Waals surface area contributed by atoms with Gasteiger partial charge in [-0.2, -0.15) is 14.6 Å². The summed E-state index contributed by atoms with van der Waals surface area (Å²) in [5.74, 6) is 1.59. The van der Waals surface area contributed by atoms with Crippen molar-refractivity contribution < 1.29 is 0 Å². The molecule has 2 aromatic heterocycles. The lowest BCUT2D eigenvalue weighted by Crippen LogP contribution is -2.50. The van der Waals surface area contributed by atoms with E-state index in [1.54, 1.807) is 4.52 Å². The topological polar surface area (TPSA) is 67.1 Å². The van der Waals surface area contributed by atoms with Gasteiger partial charge in [-0.05, 0) is 31.7 Å². The van der Waals surface area contributed by atoms with Crippen molar-refractivity contribution >= 4 is 11.6 Å². The molecule has 1 atom stereocenters. The first-order valence-electron chi connectivity index (χ1n) is 7.21. The van der Waals surface area contributed by atoms with Crippen molar-refractivity contribution in [1.29, 1.82) is 0 Å². The van der Waals surface area contributed by atoms with Gasteiger partial charge in [0.25, 0.3) is 5.78 Å². The van der Waals surface area contributed by atoms with Crippen LogP contribution in [0.5, 0.6) is 0 Å². The zero-order valence-corrected chi connectivity index (χ0v) is 12.3. The number of piperidine rings is 1. The SMILES string of the molecule is Cc1cc(NCC2NCCCC2(C)C)n2ncnc2n1. The van der Waals surface area contributed by atoms with Crippen LogP contribution in [-0.4, -0.2) is 38.7 Å². The highest BCUT2D eigenvalue weighted by molar-refractivity contribution is 5.44. The molecule has 1 aliphatic heterocycles. The number of hydrogen-bond donors (Lipinski definition) is 2. The molecule has 0 aliphatic carbocycles. The quantitative estimate of drug-likeness (QED) is 0.890. The Morgan fingerprint density at radius 1 is 1.50 bits per heavy atom. The summed E-state index contributed by atoms with van der Waals surface area (Å²) in [5.41, 5.74) is 1.26. The van der Waals surface area contributed by atoms with Crippen LogP contribution in [0.15, 0.2) is 12.4 Å². The van der Waals surface area contributed by atoms with Crippen LogP contribution in [0.2, 0.25) is 0 Å². The first-order valence-corrected chi connectivity index (χ1v) is 7.21. The second-order valence-corrected chi connectivity index (χ2v) is 6.23. The first kappa shape index (κ1) is 13.3. The molecule has 2 aromatic rings. The predicted octanol–water partition coefficient (Wildman–Crippen LogP) is 1.62. The standard InChI is InChI=1S/C14H22N6/c1-10-7-12(20-13(19-10)17-9-18-20)16-8-11-14(2,3)5-4-6-15-11/h7,9,11,15-16H,4-6,8H2,1-3H3. The smallest absolute Gasteiger partial charge is 0.254 e. The van der Waals surface area contributed by atoms with E-state index in [0.717, 1.165) is 24.6 Å². The van der Waals surface area contributed by atoms with E-state index in [9.17, 15) is 0 Å². The Kier molecular flexibility index (Phi) is 3.33. The summed E-state index contributed by atoms with van der Waals surface area (Å²) in [7, 11) is 0. The molecule has 2 N–H and O–H groups in total. The summed E-state index contributed by atoms with van der Waals surface area (Å²) in [6, 6.07) is 2.47. The van der Waals surface area contributed by atoms with Crippen LogP contribution in [-0.2, 0) is 0 Å². The highest BCUT2D eigenvalue weighted by Gasteiger charge is 2.31. The molecule has 1 saturated heterocycles. The van der Waals surface area contributed by atoms with Crippen LogP contribution in [0.1, 0.15) is 32.4 Å². The minimum atomic E-state index is 0.314. The molecule has 0 bridgehead atoms. The van der Waals surface area contributed by atoms with Crippen molar-refractivity contribution in [3.05, 3.63) is 18.1 Å². The van der Waals surface area contributed by atoms with Gasteiger partial charge in [-0.15, -0.1) is 0 Å². The largest absolute Gasteiger partial charge is 0.368 e. The van der Waals surface area contributed by atoms with E-state index in [-0.39, 0.29) is 0 Å². The fourth-order valence-electron chi connectivity index (χ4n) is 2.88. The van der Waals surface area contributed by atoms with Crippen molar-refractivity contribution in [2.24, 2.45) is 5.41 Å². The molecule has 0 radical (unpaired) electrons. The van der Waals surface area contributed by atoms with Gasteiger partial charge in [0.15, 0.2) is 0 Å². The minimum absolute atomic E-state index is 0.314. The Labute approximate surface area is 119 Å². The molecule has 6 nitrogen and oxygen atoms in total. The number of aromatic nitrogens is 4. The number of rotatable bonds is 3. The Morgan fingerprint density at radius 3 is 3.15 bits per heavy atom. The number of aryl methyl sites for hydroxylation is 1. The molecule has 1 unspecified atom stereocenters. The summed E-state index contributed by atoms with van der Waals surface area (Å²) < 4.78 is 1.75. The highest BCUT2D eigenvalue weighted by Crippen LogP contribution is 2.30. The Bertz CT molecular complexity index is 603. The lowest BCUT2D eigenvalue weighted by molar-refractivity contribution is 0.188. The van der Waals surface area contributed by atoms with E-state index in [2.05, 4.69) is 39.5 Å². The number of nitrogens with zero attached hydrogens (tertiary/aromatic N) is 4. The summed E-state index contributed by atoms with van der Waals surface area (Å²) in [6.07, 6.45) is 4.06.